The van der Waals surface area contributed by atoms with Crippen LogP contribution in [0.3, 0.4) is 0 Å². The van der Waals surface area contributed by atoms with Gasteiger partial charge in [-0.15, -0.1) is 0 Å². The number of hydrogen-bond donors (Lipinski definition) is 1. The second kappa shape index (κ2) is 6.19. The van der Waals surface area contributed by atoms with Gasteiger partial charge in [-0.25, -0.2) is 0 Å². The summed E-state index contributed by atoms with van der Waals surface area (Å²) < 4.78 is 2.14. The Morgan fingerprint density at radius 3 is 2.10 bits per heavy atom. The number of nitrogens with zero attached hydrogens (tertiary/aromatic N) is 2. The van der Waals surface area contributed by atoms with Gasteiger partial charge < -0.3 is 5.32 Å². The maximum atomic E-state index is 4.67. The van der Waals surface area contributed by atoms with Crippen LogP contribution < -0.4 is 5.32 Å². The molecule has 1 aliphatic carbocycles. The molecular formula is C17H31N3. The van der Waals surface area contributed by atoms with E-state index in [9.17, 15) is 0 Å². The van der Waals surface area contributed by atoms with E-state index in [0.717, 1.165) is 17.5 Å². The molecule has 1 heterocycles. The Morgan fingerprint density at radius 1 is 1.05 bits per heavy atom. The molecular weight excluding hydrogens is 246 g/mol. The third-order valence-electron chi connectivity index (χ3n) is 4.88. The molecule has 0 spiro atoms. The minimum Gasteiger partial charge on any atom is -0.379 e. The van der Waals surface area contributed by atoms with Crippen molar-refractivity contribution in [2.75, 3.05) is 5.32 Å². The van der Waals surface area contributed by atoms with Crippen molar-refractivity contribution < 1.29 is 0 Å². The van der Waals surface area contributed by atoms with E-state index in [1.54, 1.807) is 0 Å². The predicted octanol–water partition coefficient (Wildman–Crippen LogP) is 4.71. The molecule has 1 aliphatic rings. The highest BCUT2D eigenvalue weighted by Gasteiger charge is 2.24. The molecule has 0 atom stereocenters. The zero-order valence-electron chi connectivity index (χ0n) is 14.0. The monoisotopic (exact) mass is 277 g/mol. The van der Waals surface area contributed by atoms with Crippen molar-refractivity contribution in [2.45, 2.75) is 79.3 Å². The predicted molar refractivity (Wildman–Crippen MR) is 86.3 cm³/mol. The third-order valence-corrected chi connectivity index (χ3v) is 4.88. The van der Waals surface area contributed by atoms with Crippen LogP contribution in [0.4, 0.5) is 5.69 Å². The number of aromatic nitrogens is 2. The van der Waals surface area contributed by atoms with Gasteiger partial charge >= 0.3 is 0 Å². The molecule has 0 aromatic carbocycles. The van der Waals surface area contributed by atoms with Gasteiger partial charge in [0.2, 0.25) is 0 Å². The molecule has 3 heteroatoms. The van der Waals surface area contributed by atoms with E-state index in [2.05, 4.69) is 56.6 Å². The van der Waals surface area contributed by atoms with Crippen molar-refractivity contribution in [2.24, 2.45) is 11.8 Å². The van der Waals surface area contributed by atoms with E-state index in [0.29, 0.717) is 12.1 Å². The fourth-order valence-corrected chi connectivity index (χ4v) is 3.51. The lowest BCUT2D eigenvalue weighted by molar-refractivity contribution is 0.267. The van der Waals surface area contributed by atoms with E-state index >= 15 is 0 Å². The van der Waals surface area contributed by atoms with Gasteiger partial charge in [0, 0.05) is 12.1 Å². The van der Waals surface area contributed by atoms with Crippen LogP contribution in [-0.2, 0) is 0 Å². The zero-order chi connectivity index (χ0) is 14.9. The Hall–Kier alpha value is -0.990. The van der Waals surface area contributed by atoms with Crippen molar-refractivity contribution in [3.8, 4) is 0 Å². The molecule has 1 fully saturated rings. The first-order valence-corrected chi connectivity index (χ1v) is 8.22. The Labute approximate surface area is 124 Å². The Bertz CT molecular complexity index is 437. The number of nitrogens with one attached hydrogen (secondary N) is 1. The Morgan fingerprint density at radius 2 is 1.65 bits per heavy atom. The molecule has 114 valence electrons. The Kier molecular flexibility index (Phi) is 4.77. The molecule has 0 bridgehead atoms. The van der Waals surface area contributed by atoms with Crippen LogP contribution in [0.1, 0.15) is 70.8 Å². The summed E-state index contributed by atoms with van der Waals surface area (Å²) in [5.41, 5.74) is 3.69. The lowest BCUT2D eigenvalue weighted by Crippen LogP contribution is -2.28. The summed E-state index contributed by atoms with van der Waals surface area (Å²) in [6.07, 6.45) is 5.33. The summed E-state index contributed by atoms with van der Waals surface area (Å²) >= 11 is 0. The molecule has 1 aromatic heterocycles. The van der Waals surface area contributed by atoms with E-state index in [-0.39, 0.29) is 0 Å². The first-order chi connectivity index (χ1) is 9.40. The number of rotatable bonds is 4. The maximum Gasteiger partial charge on any atom is 0.0828 e. The van der Waals surface area contributed by atoms with Crippen molar-refractivity contribution in [3.63, 3.8) is 0 Å². The SMILES string of the molecule is Cc1nn(C(C)C)c(C)c1NC1CCC(C(C)C)CC1. The third kappa shape index (κ3) is 3.18. The van der Waals surface area contributed by atoms with E-state index < -0.39 is 0 Å². The van der Waals surface area contributed by atoms with Gasteiger partial charge in [-0.2, -0.15) is 5.10 Å². The van der Waals surface area contributed by atoms with E-state index in [1.807, 2.05) is 0 Å². The topological polar surface area (TPSA) is 29.9 Å². The summed E-state index contributed by atoms with van der Waals surface area (Å²) in [4.78, 5) is 0. The van der Waals surface area contributed by atoms with Crippen LogP contribution in [0, 0.1) is 25.7 Å². The second-order valence-electron chi connectivity index (χ2n) is 7.08. The molecule has 1 N–H and O–H groups in total. The molecule has 1 aromatic rings. The number of anilines is 1. The molecule has 0 amide bonds. The summed E-state index contributed by atoms with van der Waals surface area (Å²) in [6, 6.07) is 1.06. The van der Waals surface area contributed by atoms with Gasteiger partial charge in [0.25, 0.3) is 0 Å². The summed E-state index contributed by atoms with van der Waals surface area (Å²) in [5.74, 6) is 1.76. The smallest absolute Gasteiger partial charge is 0.0828 e. The van der Waals surface area contributed by atoms with E-state index in [1.165, 1.54) is 37.1 Å². The van der Waals surface area contributed by atoms with Crippen LogP contribution >= 0.6 is 0 Å². The fourth-order valence-electron chi connectivity index (χ4n) is 3.51. The lowest BCUT2D eigenvalue weighted by Gasteiger charge is -2.32. The van der Waals surface area contributed by atoms with Gasteiger partial charge in [-0.1, -0.05) is 13.8 Å². The van der Waals surface area contributed by atoms with Gasteiger partial charge in [-0.3, -0.25) is 4.68 Å². The highest BCUT2D eigenvalue weighted by Crippen LogP contribution is 2.32. The van der Waals surface area contributed by atoms with Gasteiger partial charge in [-0.05, 0) is 65.2 Å². The highest BCUT2D eigenvalue weighted by molar-refractivity contribution is 5.53. The fraction of sp³-hybridized carbons (Fsp3) is 0.824. The normalized spacial score (nSPS) is 23.6. The second-order valence-corrected chi connectivity index (χ2v) is 7.08. The van der Waals surface area contributed by atoms with E-state index in [4.69, 9.17) is 0 Å². The largest absolute Gasteiger partial charge is 0.379 e. The van der Waals surface area contributed by atoms with Crippen LogP contribution in [-0.4, -0.2) is 15.8 Å². The molecule has 3 nitrogen and oxygen atoms in total. The van der Waals surface area contributed by atoms with Crippen LogP contribution in [0.25, 0.3) is 0 Å². The number of hydrogen-bond acceptors (Lipinski definition) is 2. The molecule has 2 rings (SSSR count). The summed E-state index contributed by atoms with van der Waals surface area (Å²) in [7, 11) is 0. The molecule has 0 saturated heterocycles. The molecule has 0 radical (unpaired) electrons. The van der Waals surface area contributed by atoms with Crippen molar-refractivity contribution in [3.05, 3.63) is 11.4 Å². The minimum absolute atomic E-state index is 0.431. The first-order valence-electron chi connectivity index (χ1n) is 8.22. The van der Waals surface area contributed by atoms with Gasteiger partial charge in [0.15, 0.2) is 0 Å². The molecule has 0 unspecified atom stereocenters. The van der Waals surface area contributed by atoms with Crippen molar-refractivity contribution in [1.29, 1.82) is 0 Å². The maximum absolute atomic E-state index is 4.67. The highest BCUT2D eigenvalue weighted by atomic mass is 15.3. The Balaban J connectivity index is 2.01. The first kappa shape index (κ1) is 15.4. The van der Waals surface area contributed by atoms with Crippen molar-refractivity contribution in [1.82, 2.24) is 9.78 Å². The average Bonchev–Trinajstić information content (AvgIpc) is 2.67. The average molecular weight is 277 g/mol. The standard InChI is InChI=1S/C17H31N3/c1-11(2)15-7-9-16(10-8-15)18-17-13(5)19-20(12(3)4)14(17)6/h11-12,15-16,18H,7-10H2,1-6H3. The summed E-state index contributed by atoms with van der Waals surface area (Å²) in [6.45, 7) is 13.4. The lowest BCUT2D eigenvalue weighted by atomic mass is 9.79. The quantitative estimate of drug-likeness (QED) is 0.864. The van der Waals surface area contributed by atoms with Gasteiger partial charge in [0.1, 0.15) is 0 Å². The van der Waals surface area contributed by atoms with Crippen molar-refractivity contribution >= 4 is 5.69 Å². The van der Waals surface area contributed by atoms with Gasteiger partial charge in [0.05, 0.1) is 17.1 Å². The van der Waals surface area contributed by atoms with Crippen LogP contribution in [0.5, 0.6) is 0 Å². The minimum atomic E-state index is 0.431. The number of aryl methyl sites for hydroxylation is 1. The molecule has 0 aliphatic heterocycles. The molecule has 20 heavy (non-hydrogen) atoms. The van der Waals surface area contributed by atoms with Crippen LogP contribution in [0.15, 0.2) is 0 Å². The zero-order valence-corrected chi connectivity index (χ0v) is 14.0. The molecule has 1 saturated carbocycles. The summed E-state index contributed by atoms with van der Waals surface area (Å²) in [5, 5.41) is 8.44. The van der Waals surface area contributed by atoms with Crippen LogP contribution in [0.2, 0.25) is 0 Å².